The maximum absolute atomic E-state index is 10.7. The number of carbonyl (C=O) groups is 1. The van der Waals surface area contributed by atoms with Crippen LogP contribution in [0.3, 0.4) is 0 Å². The van der Waals surface area contributed by atoms with Gasteiger partial charge in [-0.25, -0.2) is 4.79 Å². The molecule has 0 radical (unpaired) electrons. The van der Waals surface area contributed by atoms with Crippen LogP contribution in [0, 0.1) is 0 Å². The SMILES string of the molecule is CO/N=C(\C(=O)O)C1=CCCCC1. The molecule has 1 aliphatic rings. The van der Waals surface area contributed by atoms with Gasteiger partial charge in [0.15, 0.2) is 5.71 Å². The largest absolute Gasteiger partial charge is 0.476 e. The van der Waals surface area contributed by atoms with E-state index in [1.165, 1.54) is 7.11 Å². The van der Waals surface area contributed by atoms with E-state index in [1.54, 1.807) is 0 Å². The molecule has 0 bridgehead atoms. The van der Waals surface area contributed by atoms with Crippen molar-refractivity contribution in [2.75, 3.05) is 7.11 Å². The van der Waals surface area contributed by atoms with Crippen LogP contribution in [0.25, 0.3) is 0 Å². The van der Waals surface area contributed by atoms with Gasteiger partial charge in [0.1, 0.15) is 7.11 Å². The molecule has 0 saturated carbocycles. The van der Waals surface area contributed by atoms with Crippen LogP contribution in [0.2, 0.25) is 0 Å². The Morgan fingerprint density at radius 3 is 2.85 bits per heavy atom. The van der Waals surface area contributed by atoms with Gasteiger partial charge in [0.2, 0.25) is 0 Å². The van der Waals surface area contributed by atoms with Crippen molar-refractivity contribution in [2.24, 2.45) is 5.16 Å². The van der Waals surface area contributed by atoms with Crippen LogP contribution < -0.4 is 0 Å². The Balaban J connectivity index is 2.80. The van der Waals surface area contributed by atoms with E-state index < -0.39 is 5.97 Å². The number of rotatable bonds is 3. The number of aliphatic carboxylic acids is 1. The molecule has 1 N–H and O–H groups in total. The van der Waals surface area contributed by atoms with Crippen molar-refractivity contribution in [1.82, 2.24) is 0 Å². The summed E-state index contributed by atoms with van der Waals surface area (Å²) >= 11 is 0. The maximum Gasteiger partial charge on any atom is 0.358 e. The molecule has 0 aliphatic heterocycles. The van der Waals surface area contributed by atoms with E-state index in [9.17, 15) is 4.79 Å². The summed E-state index contributed by atoms with van der Waals surface area (Å²) in [4.78, 5) is 15.2. The zero-order chi connectivity index (χ0) is 9.68. The summed E-state index contributed by atoms with van der Waals surface area (Å²) < 4.78 is 0. The molecule has 1 rings (SSSR count). The lowest BCUT2D eigenvalue weighted by Crippen LogP contribution is -2.17. The lowest BCUT2D eigenvalue weighted by atomic mass is 9.96. The second kappa shape index (κ2) is 4.64. The molecule has 0 fully saturated rings. The Morgan fingerprint density at radius 2 is 2.38 bits per heavy atom. The molecule has 0 atom stereocenters. The fourth-order valence-corrected chi connectivity index (χ4v) is 1.38. The molecule has 13 heavy (non-hydrogen) atoms. The minimum atomic E-state index is -1.02. The summed E-state index contributed by atoms with van der Waals surface area (Å²) in [6, 6.07) is 0. The van der Waals surface area contributed by atoms with Gasteiger partial charge in [0, 0.05) is 0 Å². The van der Waals surface area contributed by atoms with Crippen molar-refractivity contribution >= 4 is 11.7 Å². The smallest absolute Gasteiger partial charge is 0.358 e. The van der Waals surface area contributed by atoms with Gasteiger partial charge in [0.25, 0.3) is 0 Å². The summed E-state index contributed by atoms with van der Waals surface area (Å²) in [5, 5.41) is 12.3. The quantitative estimate of drug-likeness (QED) is 0.533. The van der Waals surface area contributed by atoms with E-state index in [1.807, 2.05) is 6.08 Å². The standard InChI is InChI=1S/C9H13NO3/c1-13-10-8(9(11)12)7-5-3-2-4-6-7/h5H,2-4,6H2,1H3,(H,11,12)/b10-8-. The van der Waals surface area contributed by atoms with Crippen LogP contribution in [0.15, 0.2) is 16.8 Å². The van der Waals surface area contributed by atoms with Gasteiger partial charge in [0.05, 0.1) is 0 Å². The first-order valence-corrected chi connectivity index (χ1v) is 4.29. The lowest BCUT2D eigenvalue weighted by molar-refractivity contribution is -0.129. The van der Waals surface area contributed by atoms with Gasteiger partial charge in [-0.2, -0.15) is 0 Å². The molecule has 4 nitrogen and oxygen atoms in total. The zero-order valence-corrected chi connectivity index (χ0v) is 7.62. The van der Waals surface area contributed by atoms with Crippen LogP contribution >= 0.6 is 0 Å². The number of hydrogen-bond acceptors (Lipinski definition) is 3. The van der Waals surface area contributed by atoms with Gasteiger partial charge in [-0.05, 0) is 31.3 Å². The molecule has 0 aromatic heterocycles. The summed E-state index contributed by atoms with van der Waals surface area (Å²) in [6.07, 6.45) is 5.81. The first-order chi connectivity index (χ1) is 6.25. The molecule has 0 amide bonds. The van der Waals surface area contributed by atoms with Gasteiger partial charge < -0.3 is 9.94 Å². The van der Waals surface area contributed by atoms with Crippen molar-refractivity contribution in [1.29, 1.82) is 0 Å². The van der Waals surface area contributed by atoms with Gasteiger partial charge >= 0.3 is 5.97 Å². The average molecular weight is 183 g/mol. The molecule has 0 aromatic rings. The normalized spacial score (nSPS) is 17.9. The predicted octanol–water partition coefficient (Wildman–Crippen LogP) is 1.57. The summed E-state index contributed by atoms with van der Waals surface area (Å²) in [5.74, 6) is -1.02. The molecular formula is C9H13NO3. The molecule has 0 spiro atoms. The van der Waals surface area contributed by atoms with Crippen LogP contribution in [-0.4, -0.2) is 23.9 Å². The van der Waals surface area contributed by atoms with Crippen LogP contribution in [0.4, 0.5) is 0 Å². The van der Waals surface area contributed by atoms with E-state index in [0.29, 0.717) is 0 Å². The van der Waals surface area contributed by atoms with Crippen molar-refractivity contribution in [3.05, 3.63) is 11.6 Å². The number of hydrogen-bond donors (Lipinski definition) is 1. The fraction of sp³-hybridized carbons (Fsp3) is 0.556. The van der Waals surface area contributed by atoms with Crippen LogP contribution in [-0.2, 0) is 9.63 Å². The molecule has 0 unspecified atom stereocenters. The predicted molar refractivity (Wildman–Crippen MR) is 48.6 cm³/mol. The van der Waals surface area contributed by atoms with Crippen LogP contribution in [0.5, 0.6) is 0 Å². The van der Waals surface area contributed by atoms with Gasteiger partial charge in [-0.1, -0.05) is 11.2 Å². The van der Waals surface area contributed by atoms with E-state index in [0.717, 1.165) is 31.3 Å². The number of carboxylic acids is 1. The topological polar surface area (TPSA) is 58.9 Å². The van der Waals surface area contributed by atoms with Crippen molar-refractivity contribution in [3.63, 3.8) is 0 Å². The van der Waals surface area contributed by atoms with E-state index in [2.05, 4.69) is 9.99 Å². The van der Waals surface area contributed by atoms with Crippen molar-refractivity contribution < 1.29 is 14.7 Å². The number of oxime groups is 1. The Bertz CT molecular complexity index is 256. The summed E-state index contributed by atoms with van der Waals surface area (Å²) in [7, 11) is 1.35. The average Bonchev–Trinajstić information content (AvgIpc) is 2.15. The Kier molecular flexibility index (Phi) is 3.49. The third-order valence-corrected chi connectivity index (χ3v) is 1.98. The highest BCUT2D eigenvalue weighted by Gasteiger charge is 2.17. The van der Waals surface area contributed by atoms with Crippen LogP contribution in [0.1, 0.15) is 25.7 Å². The summed E-state index contributed by atoms with van der Waals surface area (Å²) in [5.41, 5.74) is 0.836. The Morgan fingerprint density at radius 1 is 1.62 bits per heavy atom. The second-order valence-electron chi connectivity index (χ2n) is 2.90. The maximum atomic E-state index is 10.7. The lowest BCUT2D eigenvalue weighted by Gasteiger charge is -2.11. The molecule has 0 aromatic carbocycles. The van der Waals surface area contributed by atoms with Crippen molar-refractivity contribution in [3.8, 4) is 0 Å². The molecular weight excluding hydrogens is 170 g/mol. The third kappa shape index (κ3) is 2.57. The van der Waals surface area contributed by atoms with Gasteiger partial charge in [-0.15, -0.1) is 0 Å². The highest BCUT2D eigenvalue weighted by Crippen LogP contribution is 2.18. The van der Waals surface area contributed by atoms with Crippen molar-refractivity contribution in [2.45, 2.75) is 25.7 Å². The summed E-state index contributed by atoms with van der Waals surface area (Å²) in [6.45, 7) is 0. The molecule has 0 heterocycles. The number of carboxylic acid groups (broad SMARTS) is 1. The first kappa shape index (κ1) is 9.77. The number of nitrogens with zero attached hydrogens (tertiary/aromatic N) is 1. The zero-order valence-electron chi connectivity index (χ0n) is 7.62. The van der Waals surface area contributed by atoms with E-state index in [4.69, 9.17) is 5.11 Å². The third-order valence-electron chi connectivity index (χ3n) is 1.98. The number of allylic oxidation sites excluding steroid dienone is 1. The molecule has 1 aliphatic carbocycles. The molecule has 72 valence electrons. The fourth-order valence-electron chi connectivity index (χ4n) is 1.38. The molecule has 4 heteroatoms. The van der Waals surface area contributed by atoms with E-state index in [-0.39, 0.29) is 5.71 Å². The van der Waals surface area contributed by atoms with E-state index >= 15 is 0 Å². The first-order valence-electron chi connectivity index (χ1n) is 4.29. The monoisotopic (exact) mass is 183 g/mol. The Hall–Kier alpha value is -1.32. The highest BCUT2D eigenvalue weighted by molar-refractivity contribution is 6.42. The Labute approximate surface area is 76.9 Å². The second-order valence-corrected chi connectivity index (χ2v) is 2.90. The highest BCUT2D eigenvalue weighted by atomic mass is 16.6. The van der Waals surface area contributed by atoms with Gasteiger partial charge in [-0.3, -0.25) is 0 Å². The minimum Gasteiger partial charge on any atom is -0.476 e. The molecule has 0 saturated heterocycles. The minimum absolute atomic E-state index is 0.0437.